The summed E-state index contributed by atoms with van der Waals surface area (Å²) in [6.07, 6.45) is 8.78. The largest absolute Gasteiger partial charge is 0.366 e. The van der Waals surface area contributed by atoms with Gasteiger partial charge < -0.3 is 9.53 Å². The van der Waals surface area contributed by atoms with Crippen LogP contribution in [-0.2, 0) is 20.9 Å². The van der Waals surface area contributed by atoms with Gasteiger partial charge in [-0.05, 0) is 32.3 Å². The topological polar surface area (TPSA) is 43.4 Å². The van der Waals surface area contributed by atoms with Gasteiger partial charge in [-0.2, -0.15) is 0 Å². The van der Waals surface area contributed by atoms with Crippen molar-refractivity contribution in [2.45, 2.75) is 84.3 Å². The van der Waals surface area contributed by atoms with Crippen molar-refractivity contribution in [2.75, 3.05) is 0 Å². The van der Waals surface area contributed by atoms with Gasteiger partial charge in [-0.15, -0.1) is 0 Å². The summed E-state index contributed by atoms with van der Waals surface area (Å²) in [6, 6.07) is 9.94. The van der Waals surface area contributed by atoms with Crippen LogP contribution < -0.4 is 0 Å². The third-order valence-electron chi connectivity index (χ3n) is 4.25. The van der Waals surface area contributed by atoms with Gasteiger partial charge in [-0.25, -0.2) is 0 Å². The van der Waals surface area contributed by atoms with Gasteiger partial charge in [0.05, 0.1) is 6.61 Å². The minimum absolute atomic E-state index is 0.201. The highest BCUT2D eigenvalue weighted by molar-refractivity contribution is 5.82. The number of hydrogen-bond acceptors (Lipinski definition) is 3. The fraction of sp³-hybridized carbons (Fsp3) is 0.619. The van der Waals surface area contributed by atoms with Gasteiger partial charge in [0.25, 0.3) is 0 Å². The first-order chi connectivity index (χ1) is 11.6. The van der Waals surface area contributed by atoms with Gasteiger partial charge in [0.2, 0.25) is 0 Å². The monoisotopic (exact) mass is 332 g/mol. The first kappa shape index (κ1) is 20.6. The maximum Gasteiger partial charge on any atom is 0.161 e. The Morgan fingerprint density at radius 2 is 1.42 bits per heavy atom. The van der Waals surface area contributed by atoms with E-state index in [2.05, 4.69) is 0 Å². The molecule has 3 nitrogen and oxygen atoms in total. The van der Waals surface area contributed by atoms with Crippen molar-refractivity contribution >= 4 is 11.6 Å². The molecule has 134 valence electrons. The molecular formula is C21H32O3. The lowest BCUT2D eigenvalue weighted by Gasteiger charge is -2.12. The summed E-state index contributed by atoms with van der Waals surface area (Å²) in [7, 11) is 0. The zero-order chi connectivity index (χ0) is 17.6. The number of unbranched alkanes of at least 4 members (excludes halogenated alkanes) is 6. The number of carbonyl (C=O) groups excluding carboxylic acids is 2. The standard InChI is InChI=1S/C21H32O3/c1-18(22)13-9-6-4-3-5-7-12-16-21(23)19(2)24-17-20-14-10-8-11-15-20/h8,10-11,14-15,19H,3-7,9,12-13,16-17H2,1-2H3. The number of benzene rings is 1. The van der Waals surface area contributed by atoms with E-state index >= 15 is 0 Å². The van der Waals surface area contributed by atoms with Crippen molar-refractivity contribution in [2.24, 2.45) is 0 Å². The molecule has 1 atom stereocenters. The van der Waals surface area contributed by atoms with E-state index in [1.165, 1.54) is 19.3 Å². The summed E-state index contributed by atoms with van der Waals surface area (Å²) >= 11 is 0. The molecule has 0 spiro atoms. The van der Waals surface area contributed by atoms with Crippen LogP contribution >= 0.6 is 0 Å². The Kier molecular flexibility index (Phi) is 11.0. The molecule has 0 aliphatic rings. The Morgan fingerprint density at radius 3 is 2.00 bits per heavy atom. The van der Waals surface area contributed by atoms with Gasteiger partial charge >= 0.3 is 0 Å². The number of Topliss-reactive ketones (excluding diaryl/α,β-unsaturated/α-hetero) is 2. The molecule has 0 saturated carbocycles. The molecular weight excluding hydrogens is 300 g/mol. The van der Waals surface area contributed by atoms with E-state index in [0.717, 1.165) is 37.7 Å². The minimum atomic E-state index is -0.322. The van der Waals surface area contributed by atoms with Crippen molar-refractivity contribution in [3.63, 3.8) is 0 Å². The lowest BCUT2D eigenvalue weighted by Crippen LogP contribution is -2.20. The van der Waals surface area contributed by atoms with Gasteiger partial charge in [0.15, 0.2) is 5.78 Å². The summed E-state index contributed by atoms with van der Waals surface area (Å²) in [5.74, 6) is 0.490. The fourth-order valence-electron chi connectivity index (χ4n) is 2.65. The molecule has 0 N–H and O–H groups in total. The molecule has 24 heavy (non-hydrogen) atoms. The maximum atomic E-state index is 12.0. The van der Waals surface area contributed by atoms with Crippen LogP contribution in [0.1, 0.15) is 77.2 Å². The zero-order valence-electron chi connectivity index (χ0n) is 15.3. The van der Waals surface area contributed by atoms with E-state index in [0.29, 0.717) is 13.0 Å². The molecule has 1 unspecified atom stereocenters. The lowest BCUT2D eigenvalue weighted by molar-refractivity contribution is -0.130. The molecule has 0 fully saturated rings. The number of carbonyl (C=O) groups is 2. The zero-order valence-corrected chi connectivity index (χ0v) is 15.3. The first-order valence-corrected chi connectivity index (χ1v) is 9.27. The van der Waals surface area contributed by atoms with Crippen LogP contribution in [0.5, 0.6) is 0 Å². The Labute approximate surface area is 146 Å². The van der Waals surface area contributed by atoms with E-state index in [1.54, 1.807) is 6.92 Å². The number of hydrogen-bond donors (Lipinski definition) is 0. The van der Waals surface area contributed by atoms with E-state index < -0.39 is 0 Å². The highest BCUT2D eigenvalue weighted by atomic mass is 16.5. The number of ketones is 2. The number of rotatable bonds is 14. The Hall–Kier alpha value is -1.48. The van der Waals surface area contributed by atoms with Gasteiger partial charge in [-0.3, -0.25) is 4.79 Å². The average molecular weight is 332 g/mol. The summed E-state index contributed by atoms with van der Waals surface area (Å²) in [5.41, 5.74) is 1.10. The van der Waals surface area contributed by atoms with Gasteiger partial charge in [0, 0.05) is 12.8 Å². The van der Waals surface area contributed by atoms with Crippen molar-refractivity contribution in [3.8, 4) is 0 Å². The van der Waals surface area contributed by atoms with Gasteiger partial charge in [-0.1, -0.05) is 62.4 Å². The quantitative estimate of drug-likeness (QED) is 0.436. The molecule has 1 rings (SSSR count). The number of ether oxygens (including phenoxy) is 1. The van der Waals surface area contributed by atoms with E-state index in [-0.39, 0.29) is 17.7 Å². The van der Waals surface area contributed by atoms with Crippen LogP contribution in [0, 0.1) is 0 Å². The average Bonchev–Trinajstić information content (AvgIpc) is 2.58. The third kappa shape index (κ3) is 10.3. The van der Waals surface area contributed by atoms with Crippen LogP contribution in [-0.4, -0.2) is 17.7 Å². The van der Waals surface area contributed by atoms with Crippen molar-refractivity contribution < 1.29 is 14.3 Å². The summed E-state index contributed by atoms with van der Waals surface area (Å²) in [5, 5.41) is 0. The first-order valence-electron chi connectivity index (χ1n) is 9.27. The smallest absolute Gasteiger partial charge is 0.161 e. The highest BCUT2D eigenvalue weighted by Gasteiger charge is 2.12. The predicted molar refractivity (Wildman–Crippen MR) is 97.9 cm³/mol. The molecule has 0 radical (unpaired) electrons. The molecule has 3 heteroatoms. The molecule has 1 aromatic rings. The Bertz CT molecular complexity index is 467. The molecule has 0 amide bonds. The Balaban J connectivity index is 1.98. The molecule has 0 saturated heterocycles. The van der Waals surface area contributed by atoms with E-state index in [1.807, 2.05) is 37.3 Å². The van der Waals surface area contributed by atoms with Crippen LogP contribution in [0.2, 0.25) is 0 Å². The molecule has 0 aliphatic carbocycles. The SMILES string of the molecule is CC(=O)CCCCCCCCCC(=O)C(C)OCc1ccccc1. The summed E-state index contributed by atoms with van der Waals surface area (Å²) in [4.78, 5) is 22.9. The summed E-state index contributed by atoms with van der Waals surface area (Å²) < 4.78 is 5.65. The van der Waals surface area contributed by atoms with E-state index in [4.69, 9.17) is 4.74 Å². The normalized spacial score (nSPS) is 12.1. The highest BCUT2D eigenvalue weighted by Crippen LogP contribution is 2.12. The van der Waals surface area contributed by atoms with Crippen molar-refractivity contribution in [1.82, 2.24) is 0 Å². The molecule has 0 heterocycles. The third-order valence-corrected chi connectivity index (χ3v) is 4.25. The Morgan fingerprint density at radius 1 is 0.875 bits per heavy atom. The van der Waals surface area contributed by atoms with Crippen LogP contribution in [0.25, 0.3) is 0 Å². The second-order valence-corrected chi connectivity index (χ2v) is 6.58. The van der Waals surface area contributed by atoms with Crippen molar-refractivity contribution in [3.05, 3.63) is 35.9 Å². The van der Waals surface area contributed by atoms with Crippen LogP contribution in [0.3, 0.4) is 0 Å². The molecule has 1 aromatic carbocycles. The van der Waals surface area contributed by atoms with E-state index in [9.17, 15) is 9.59 Å². The second kappa shape index (κ2) is 12.9. The molecule has 0 aliphatic heterocycles. The summed E-state index contributed by atoms with van der Waals surface area (Å²) in [6.45, 7) is 4.00. The van der Waals surface area contributed by atoms with Crippen LogP contribution in [0.15, 0.2) is 30.3 Å². The molecule has 0 bridgehead atoms. The molecule has 0 aromatic heterocycles. The lowest BCUT2D eigenvalue weighted by atomic mass is 10.0. The van der Waals surface area contributed by atoms with Gasteiger partial charge in [0.1, 0.15) is 11.9 Å². The maximum absolute atomic E-state index is 12.0. The van der Waals surface area contributed by atoms with Crippen molar-refractivity contribution in [1.29, 1.82) is 0 Å². The minimum Gasteiger partial charge on any atom is -0.366 e. The fourth-order valence-corrected chi connectivity index (χ4v) is 2.65. The van der Waals surface area contributed by atoms with Crippen LogP contribution in [0.4, 0.5) is 0 Å². The second-order valence-electron chi connectivity index (χ2n) is 6.58. The predicted octanol–water partition coefficient (Wildman–Crippen LogP) is 5.26.